The summed E-state index contributed by atoms with van der Waals surface area (Å²) in [5.74, 6) is -0.0165. The molecular weight excluding hydrogens is 196 g/mol. The lowest BCUT2D eigenvalue weighted by atomic mass is 10.0. The first-order chi connectivity index (χ1) is 5.74. The van der Waals surface area contributed by atoms with Gasteiger partial charge in [-0.2, -0.15) is 0 Å². The predicted octanol–water partition coefficient (Wildman–Crippen LogP) is -1.90. The zero-order chi connectivity index (χ0) is 8.97. The van der Waals surface area contributed by atoms with Crippen LogP contribution in [0.15, 0.2) is 0 Å². The lowest BCUT2D eigenvalue weighted by Crippen LogP contribution is -2.51. The van der Waals surface area contributed by atoms with Crippen molar-refractivity contribution in [3.8, 4) is 0 Å². The van der Waals surface area contributed by atoms with Crippen molar-refractivity contribution in [3.63, 3.8) is 0 Å². The minimum Gasteiger partial charge on any atom is -0.394 e. The minimum absolute atomic E-state index is 0. The summed E-state index contributed by atoms with van der Waals surface area (Å²) in [6.45, 7) is 1.23. The summed E-state index contributed by atoms with van der Waals surface area (Å²) >= 11 is 0. The number of aliphatic hydroxyl groups excluding tert-OH is 2. The smallest absolute Gasteiger partial charge is 0.225 e. The monoisotopic (exact) mass is 210 g/mol. The van der Waals surface area contributed by atoms with Gasteiger partial charge in [-0.1, -0.05) is 0 Å². The van der Waals surface area contributed by atoms with Crippen molar-refractivity contribution in [1.29, 1.82) is 0 Å². The molecule has 1 aliphatic rings. The summed E-state index contributed by atoms with van der Waals surface area (Å²) in [5.41, 5.74) is 0. The van der Waals surface area contributed by atoms with Crippen molar-refractivity contribution in [2.45, 2.75) is 6.10 Å². The molecule has 4 N–H and O–H groups in total. The van der Waals surface area contributed by atoms with Crippen LogP contribution < -0.4 is 10.6 Å². The van der Waals surface area contributed by atoms with E-state index in [4.69, 9.17) is 10.2 Å². The van der Waals surface area contributed by atoms with Crippen LogP contribution in [0, 0.1) is 5.92 Å². The van der Waals surface area contributed by atoms with Crippen molar-refractivity contribution in [2.24, 2.45) is 5.92 Å². The molecule has 0 saturated carbocycles. The quantitative estimate of drug-likeness (QED) is 0.437. The van der Waals surface area contributed by atoms with Crippen molar-refractivity contribution < 1.29 is 15.0 Å². The van der Waals surface area contributed by atoms with Crippen LogP contribution in [0.3, 0.4) is 0 Å². The molecule has 0 aromatic heterocycles. The second-order valence-electron chi connectivity index (χ2n) is 2.94. The second kappa shape index (κ2) is 6.15. The molecule has 1 rings (SSSR count). The number of aliphatic hydroxyl groups is 2. The summed E-state index contributed by atoms with van der Waals surface area (Å²) in [5, 5.41) is 22.9. The third-order valence-corrected chi connectivity index (χ3v) is 1.87. The Kier molecular flexibility index (Phi) is 5.98. The molecule has 1 heterocycles. The summed E-state index contributed by atoms with van der Waals surface area (Å²) in [6, 6.07) is 0. The maximum absolute atomic E-state index is 11.1. The van der Waals surface area contributed by atoms with E-state index < -0.39 is 6.10 Å². The van der Waals surface area contributed by atoms with Crippen LogP contribution >= 0.6 is 12.4 Å². The van der Waals surface area contributed by atoms with E-state index in [0.29, 0.717) is 13.1 Å². The van der Waals surface area contributed by atoms with E-state index in [0.717, 1.165) is 0 Å². The van der Waals surface area contributed by atoms with Gasteiger partial charge in [-0.15, -0.1) is 12.4 Å². The Balaban J connectivity index is 0.00000144. The van der Waals surface area contributed by atoms with E-state index >= 15 is 0 Å². The number of hydrogen-bond donors (Lipinski definition) is 4. The van der Waals surface area contributed by atoms with Crippen molar-refractivity contribution >= 4 is 18.3 Å². The normalized spacial score (nSPS) is 18.3. The SMILES string of the molecule is Cl.O=C(NCC(O)CO)C1CNC1. The van der Waals surface area contributed by atoms with Crippen LogP contribution in [0.25, 0.3) is 0 Å². The summed E-state index contributed by atoms with van der Waals surface area (Å²) in [7, 11) is 0. The fourth-order valence-electron chi connectivity index (χ4n) is 0.901. The highest BCUT2D eigenvalue weighted by Gasteiger charge is 2.24. The Labute approximate surface area is 82.9 Å². The fraction of sp³-hybridized carbons (Fsp3) is 0.857. The molecule has 1 saturated heterocycles. The van der Waals surface area contributed by atoms with Gasteiger partial charge < -0.3 is 20.8 Å². The summed E-state index contributed by atoms with van der Waals surface area (Å²) < 4.78 is 0. The van der Waals surface area contributed by atoms with Gasteiger partial charge in [0.1, 0.15) is 0 Å². The highest BCUT2D eigenvalue weighted by atomic mass is 35.5. The Morgan fingerprint density at radius 1 is 1.62 bits per heavy atom. The van der Waals surface area contributed by atoms with E-state index in [9.17, 15) is 4.79 Å². The maximum Gasteiger partial charge on any atom is 0.225 e. The van der Waals surface area contributed by atoms with Gasteiger partial charge in [0.25, 0.3) is 0 Å². The Morgan fingerprint density at radius 2 is 2.23 bits per heavy atom. The van der Waals surface area contributed by atoms with Crippen LogP contribution in [0.1, 0.15) is 0 Å². The van der Waals surface area contributed by atoms with Crippen molar-refractivity contribution in [3.05, 3.63) is 0 Å². The highest BCUT2D eigenvalue weighted by Crippen LogP contribution is 2.01. The largest absolute Gasteiger partial charge is 0.394 e. The standard InChI is InChI=1S/C7H14N2O3.ClH/c10-4-6(11)3-9-7(12)5-1-8-2-5;/h5-6,8,10-11H,1-4H2,(H,9,12);1H. The number of halogens is 1. The first-order valence-corrected chi connectivity index (χ1v) is 4.01. The molecule has 6 heteroatoms. The number of carbonyl (C=O) groups excluding carboxylic acids is 1. The molecule has 1 fully saturated rings. The van der Waals surface area contributed by atoms with E-state index in [1.807, 2.05) is 0 Å². The van der Waals surface area contributed by atoms with Crippen molar-refractivity contribution in [1.82, 2.24) is 10.6 Å². The zero-order valence-corrected chi connectivity index (χ0v) is 8.01. The Hall–Kier alpha value is -0.360. The molecule has 0 aromatic carbocycles. The molecule has 5 nitrogen and oxygen atoms in total. The molecule has 78 valence electrons. The molecule has 1 unspecified atom stereocenters. The molecule has 1 atom stereocenters. The average molecular weight is 211 g/mol. The van der Waals surface area contributed by atoms with Crippen molar-refractivity contribution in [2.75, 3.05) is 26.2 Å². The van der Waals surface area contributed by atoms with Crippen LogP contribution in [0.2, 0.25) is 0 Å². The van der Waals surface area contributed by atoms with E-state index in [1.54, 1.807) is 0 Å². The van der Waals surface area contributed by atoms with Gasteiger partial charge in [-0.25, -0.2) is 0 Å². The van der Waals surface area contributed by atoms with Crippen LogP contribution in [-0.2, 0) is 4.79 Å². The Morgan fingerprint density at radius 3 is 2.62 bits per heavy atom. The topological polar surface area (TPSA) is 81.6 Å². The van der Waals surface area contributed by atoms with Gasteiger partial charge in [0.05, 0.1) is 18.6 Å². The van der Waals surface area contributed by atoms with E-state index in [1.165, 1.54) is 0 Å². The van der Waals surface area contributed by atoms with Gasteiger partial charge in [-0.3, -0.25) is 4.79 Å². The Bertz CT molecular complexity index is 164. The number of amides is 1. The highest BCUT2D eigenvalue weighted by molar-refractivity contribution is 5.85. The van der Waals surface area contributed by atoms with Gasteiger partial charge in [0.2, 0.25) is 5.91 Å². The molecule has 0 radical (unpaired) electrons. The number of nitrogens with one attached hydrogen (secondary N) is 2. The molecule has 1 amide bonds. The van der Waals surface area contributed by atoms with Gasteiger partial charge >= 0.3 is 0 Å². The number of carbonyl (C=O) groups is 1. The second-order valence-corrected chi connectivity index (χ2v) is 2.94. The first-order valence-electron chi connectivity index (χ1n) is 4.01. The van der Waals surface area contributed by atoms with Gasteiger partial charge in [0.15, 0.2) is 0 Å². The van der Waals surface area contributed by atoms with Crippen LogP contribution in [0.5, 0.6) is 0 Å². The fourth-order valence-corrected chi connectivity index (χ4v) is 0.901. The molecular formula is C7H15ClN2O3. The third kappa shape index (κ3) is 3.91. The minimum atomic E-state index is -0.845. The lowest BCUT2D eigenvalue weighted by Gasteiger charge is -2.26. The predicted molar refractivity (Wildman–Crippen MR) is 49.7 cm³/mol. The number of hydrogen-bond acceptors (Lipinski definition) is 4. The molecule has 0 aromatic rings. The van der Waals surface area contributed by atoms with E-state index in [-0.39, 0.29) is 37.4 Å². The zero-order valence-electron chi connectivity index (χ0n) is 7.19. The van der Waals surface area contributed by atoms with E-state index in [2.05, 4.69) is 10.6 Å². The molecule has 1 aliphatic heterocycles. The first kappa shape index (κ1) is 12.6. The third-order valence-electron chi connectivity index (χ3n) is 1.87. The van der Waals surface area contributed by atoms with Gasteiger partial charge in [0, 0.05) is 19.6 Å². The number of rotatable bonds is 4. The summed E-state index contributed by atoms with van der Waals surface area (Å²) in [6.07, 6.45) is -0.845. The van der Waals surface area contributed by atoms with Crippen LogP contribution in [0.4, 0.5) is 0 Å². The molecule has 0 spiro atoms. The average Bonchev–Trinajstić information content (AvgIpc) is 1.97. The van der Waals surface area contributed by atoms with Crippen LogP contribution in [-0.4, -0.2) is 48.5 Å². The molecule has 0 aliphatic carbocycles. The lowest BCUT2D eigenvalue weighted by molar-refractivity contribution is -0.126. The summed E-state index contributed by atoms with van der Waals surface area (Å²) in [4.78, 5) is 11.1. The maximum atomic E-state index is 11.1. The molecule has 13 heavy (non-hydrogen) atoms. The van der Waals surface area contributed by atoms with Gasteiger partial charge in [-0.05, 0) is 0 Å². The molecule has 0 bridgehead atoms.